The molecule has 0 aromatic carbocycles. The van der Waals surface area contributed by atoms with Crippen LogP contribution in [0.4, 0.5) is 0 Å². The van der Waals surface area contributed by atoms with Crippen LogP contribution in [0.15, 0.2) is 35.4 Å². The van der Waals surface area contributed by atoms with Crippen molar-refractivity contribution in [2.75, 3.05) is 0 Å². The van der Waals surface area contributed by atoms with Gasteiger partial charge < -0.3 is 9.32 Å². The molecule has 106 valence electrons. The first-order valence-electron chi connectivity index (χ1n) is 7.15. The molecule has 0 saturated heterocycles. The van der Waals surface area contributed by atoms with Crippen molar-refractivity contribution in [1.82, 2.24) is 15.1 Å². The van der Waals surface area contributed by atoms with E-state index >= 15 is 0 Å². The lowest BCUT2D eigenvalue weighted by molar-refractivity contribution is 0.0614. The molecule has 1 fully saturated rings. The number of aromatic amines is 1. The molecule has 0 unspecified atom stereocenters. The molecular weight excluding hydrogens is 254 g/mol. The van der Waals surface area contributed by atoms with Crippen LogP contribution in [0.5, 0.6) is 0 Å². The van der Waals surface area contributed by atoms with Gasteiger partial charge in [0.25, 0.3) is 5.91 Å². The predicted molar refractivity (Wildman–Crippen MR) is 74.0 cm³/mol. The maximum atomic E-state index is 12.7. The summed E-state index contributed by atoms with van der Waals surface area (Å²) in [6.45, 7) is 0.602. The van der Waals surface area contributed by atoms with Crippen LogP contribution in [0.1, 0.15) is 48.0 Å². The average Bonchev–Trinajstić information content (AvgIpc) is 3.18. The van der Waals surface area contributed by atoms with Gasteiger partial charge in [-0.2, -0.15) is 5.10 Å². The standard InChI is InChI=1S/C15H19N3O2/c19-15(13-8-16-17-9-13)18(10-12-6-7-20-11-12)14-4-2-1-3-5-14/h6-9,11,14H,1-5,10H2,(H,16,17). The molecule has 20 heavy (non-hydrogen) atoms. The van der Waals surface area contributed by atoms with Crippen LogP contribution in [0, 0.1) is 0 Å². The van der Waals surface area contributed by atoms with Crippen LogP contribution >= 0.6 is 0 Å². The van der Waals surface area contributed by atoms with Gasteiger partial charge in [0.2, 0.25) is 0 Å². The van der Waals surface area contributed by atoms with Crippen molar-refractivity contribution in [1.29, 1.82) is 0 Å². The van der Waals surface area contributed by atoms with E-state index in [0.29, 0.717) is 18.2 Å². The summed E-state index contributed by atoms with van der Waals surface area (Å²) in [6, 6.07) is 2.24. The Balaban J connectivity index is 1.80. The minimum atomic E-state index is 0.0480. The number of nitrogens with zero attached hydrogens (tertiary/aromatic N) is 2. The molecule has 2 aromatic heterocycles. The van der Waals surface area contributed by atoms with Gasteiger partial charge in [-0.25, -0.2) is 0 Å². The van der Waals surface area contributed by atoms with Crippen molar-refractivity contribution >= 4 is 5.91 Å². The number of carbonyl (C=O) groups excluding carboxylic acids is 1. The second-order valence-electron chi connectivity index (χ2n) is 5.34. The molecule has 3 rings (SSSR count). The van der Waals surface area contributed by atoms with Gasteiger partial charge in [0.15, 0.2) is 0 Å². The summed E-state index contributed by atoms with van der Waals surface area (Å²) in [7, 11) is 0. The highest BCUT2D eigenvalue weighted by Gasteiger charge is 2.27. The summed E-state index contributed by atoms with van der Waals surface area (Å²) in [5.41, 5.74) is 1.66. The first kappa shape index (κ1) is 13.0. The summed E-state index contributed by atoms with van der Waals surface area (Å²) >= 11 is 0. The van der Waals surface area contributed by atoms with Crippen molar-refractivity contribution in [2.45, 2.75) is 44.7 Å². The Kier molecular flexibility index (Phi) is 3.85. The number of amides is 1. The number of hydrogen-bond acceptors (Lipinski definition) is 3. The molecule has 2 aromatic rings. The predicted octanol–water partition coefficient (Wildman–Crippen LogP) is 2.98. The van der Waals surface area contributed by atoms with Gasteiger partial charge in [0, 0.05) is 24.3 Å². The lowest BCUT2D eigenvalue weighted by Crippen LogP contribution is -2.40. The lowest BCUT2D eigenvalue weighted by atomic mass is 9.93. The molecular formula is C15H19N3O2. The molecule has 2 heterocycles. The van der Waals surface area contributed by atoms with Crippen LogP contribution in [0.3, 0.4) is 0 Å². The highest BCUT2D eigenvalue weighted by atomic mass is 16.3. The molecule has 1 saturated carbocycles. The Labute approximate surface area is 118 Å². The highest BCUT2D eigenvalue weighted by Crippen LogP contribution is 2.25. The fraction of sp³-hybridized carbons (Fsp3) is 0.467. The number of hydrogen-bond donors (Lipinski definition) is 1. The minimum Gasteiger partial charge on any atom is -0.472 e. The highest BCUT2D eigenvalue weighted by molar-refractivity contribution is 5.93. The van der Waals surface area contributed by atoms with Gasteiger partial charge in [-0.05, 0) is 18.9 Å². The lowest BCUT2D eigenvalue weighted by Gasteiger charge is -2.34. The van der Waals surface area contributed by atoms with E-state index in [0.717, 1.165) is 18.4 Å². The SMILES string of the molecule is O=C(c1cn[nH]c1)N(Cc1ccoc1)C1CCCCC1. The van der Waals surface area contributed by atoms with Crippen LogP contribution in [-0.2, 0) is 6.54 Å². The van der Waals surface area contributed by atoms with Gasteiger partial charge in [0.05, 0.1) is 24.3 Å². The normalized spacial score (nSPS) is 16.2. The number of aromatic nitrogens is 2. The van der Waals surface area contributed by atoms with Gasteiger partial charge >= 0.3 is 0 Å². The molecule has 5 heteroatoms. The summed E-state index contributed by atoms with van der Waals surface area (Å²) < 4.78 is 5.12. The van der Waals surface area contributed by atoms with Crippen molar-refractivity contribution in [2.24, 2.45) is 0 Å². The van der Waals surface area contributed by atoms with E-state index in [9.17, 15) is 4.79 Å². The van der Waals surface area contributed by atoms with Crippen molar-refractivity contribution < 1.29 is 9.21 Å². The Morgan fingerprint density at radius 2 is 2.25 bits per heavy atom. The Morgan fingerprint density at radius 3 is 2.90 bits per heavy atom. The molecule has 1 N–H and O–H groups in total. The van der Waals surface area contributed by atoms with Crippen molar-refractivity contribution in [3.8, 4) is 0 Å². The molecule has 0 spiro atoms. The summed E-state index contributed by atoms with van der Waals surface area (Å²) in [5.74, 6) is 0.0480. The van der Waals surface area contributed by atoms with Crippen LogP contribution in [0.25, 0.3) is 0 Å². The third-order valence-electron chi connectivity index (χ3n) is 3.95. The van der Waals surface area contributed by atoms with Crippen molar-refractivity contribution in [3.63, 3.8) is 0 Å². The van der Waals surface area contributed by atoms with Crippen LogP contribution < -0.4 is 0 Å². The molecule has 0 atom stereocenters. The zero-order valence-corrected chi connectivity index (χ0v) is 11.4. The summed E-state index contributed by atoms with van der Waals surface area (Å²) in [4.78, 5) is 14.6. The zero-order chi connectivity index (χ0) is 13.8. The number of carbonyl (C=O) groups is 1. The number of H-pyrrole nitrogens is 1. The van der Waals surface area contributed by atoms with E-state index in [-0.39, 0.29) is 5.91 Å². The largest absolute Gasteiger partial charge is 0.472 e. The number of nitrogens with one attached hydrogen (secondary N) is 1. The van der Waals surface area contributed by atoms with Gasteiger partial charge in [-0.3, -0.25) is 9.89 Å². The fourth-order valence-corrected chi connectivity index (χ4v) is 2.87. The summed E-state index contributed by atoms with van der Waals surface area (Å²) in [5, 5.41) is 6.59. The van der Waals surface area contributed by atoms with E-state index in [1.165, 1.54) is 19.3 Å². The quantitative estimate of drug-likeness (QED) is 0.931. The second-order valence-corrected chi connectivity index (χ2v) is 5.34. The average molecular weight is 273 g/mol. The van der Waals surface area contributed by atoms with E-state index in [2.05, 4.69) is 10.2 Å². The summed E-state index contributed by atoms with van der Waals surface area (Å²) in [6.07, 6.45) is 12.4. The molecule has 5 nitrogen and oxygen atoms in total. The molecule has 0 aliphatic heterocycles. The molecule has 0 radical (unpaired) electrons. The number of rotatable bonds is 4. The maximum absolute atomic E-state index is 12.7. The first-order chi connectivity index (χ1) is 9.84. The Bertz CT molecular complexity index is 527. The Hall–Kier alpha value is -2.04. The van der Waals surface area contributed by atoms with Gasteiger partial charge in [0.1, 0.15) is 0 Å². The first-order valence-corrected chi connectivity index (χ1v) is 7.15. The molecule has 1 aliphatic carbocycles. The van der Waals surface area contributed by atoms with E-state index in [1.54, 1.807) is 24.9 Å². The van der Waals surface area contributed by atoms with E-state index in [1.807, 2.05) is 11.0 Å². The topological polar surface area (TPSA) is 62.1 Å². The van der Waals surface area contributed by atoms with E-state index in [4.69, 9.17) is 4.42 Å². The van der Waals surface area contributed by atoms with Crippen molar-refractivity contribution in [3.05, 3.63) is 42.1 Å². The molecule has 1 amide bonds. The third-order valence-corrected chi connectivity index (χ3v) is 3.95. The monoisotopic (exact) mass is 273 g/mol. The second kappa shape index (κ2) is 5.94. The zero-order valence-electron chi connectivity index (χ0n) is 11.4. The molecule has 0 bridgehead atoms. The maximum Gasteiger partial charge on any atom is 0.257 e. The molecule has 1 aliphatic rings. The smallest absolute Gasteiger partial charge is 0.257 e. The minimum absolute atomic E-state index is 0.0480. The van der Waals surface area contributed by atoms with Gasteiger partial charge in [-0.1, -0.05) is 19.3 Å². The van der Waals surface area contributed by atoms with E-state index < -0.39 is 0 Å². The van der Waals surface area contributed by atoms with Gasteiger partial charge in [-0.15, -0.1) is 0 Å². The Morgan fingerprint density at radius 1 is 1.40 bits per heavy atom. The number of furan rings is 1. The van der Waals surface area contributed by atoms with Crippen LogP contribution in [-0.4, -0.2) is 27.0 Å². The fourth-order valence-electron chi connectivity index (χ4n) is 2.87. The van der Waals surface area contributed by atoms with Crippen LogP contribution in [0.2, 0.25) is 0 Å². The third kappa shape index (κ3) is 2.76.